The van der Waals surface area contributed by atoms with Gasteiger partial charge in [0.05, 0.1) is 11.0 Å². The number of fused-ring (bicyclic) bond motifs is 1. The maximum Gasteiger partial charge on any atom is 0.220 e. The van der Waals surface area contributed by atoms with E-state index in [2.05, 4.69) is 15.3 Å². The number of H-pyrrole nitrogens is 1. The molecular formula is C19H23ClN4O. The summed E-state index contributed by atoms with van der Waals surface area (Å²) in [4.78, 5) is 19.6. The zero-order valence-electron chi connectivity index (χ0n) is 14.2. The van der Waals surface area contributed by atoms with Crippen molar-refractivity contribution in [2.24, 2.45) is 5.73 Å². The molecule has 1 amide bonds. The minimum Gasteiger partial charge on any atom is -0.352 e. The van der Waals surface area contributed by atoms with Gasteiger partial charge in [-0.15, -0.1) is 12.4 Å². The normalized spacial score (nSPS) is 11.8. The van der Waals surface area contributed by atoms with E-state index in [1.807, 2.05) is 55.5 Å². The van der Waals surface area contributed by atoms with Gasteiger partial charge in [0.15, 0.2) is 0 Å². The van der Waals surface area contributed by atoms with E-state index in [0.29, 0.717) is 19.4 Å². The van der Waals surface area contributed by atoms with Crippen LogP contribution in [0.15, 0.2) is 48.5 Å². The van der Waals surface area contributed by atoms with Gasteiger partial charge in [0.1, 0.15) is 5.82 Å². The molecule has 0 aliphatic rings. The first-order valence-corrected chi connectivity index (χ1v) is 8.18. The lowest BCUT2D eigenvalue weighted by Gasteiger charge is -2.07. The van der Waals surface area contributed by atoms with Crippen molar-refractivity contribution in [1.82, 2.24) is 15.3 Å². The molecule has 0 aliphatic carbocycles. The maximum atomic E-state index is 11.7. The van der Waals surface area contributed by atoms with E-state index in [9.17, 15) is 4.79 Å². The van der Waals surface area contributed by atoms with Gasteiger partial charge in [0.2, 0.25) is 5.91 Å². The van der Waals surface area contributed by atoms with Crippen molar-refractivity contribution in [3.8, 4) is 11.4 Å². The number of aromatic amines is 1. The highest BCUT2D eigenvalue weighted by Gasteiger charge is 2.06. The molecular weight excluding hydrogens is 336 g/mol. The second-order valence-electron chi connectivity index (χ2n) is 6.09. The first kappa shape index (κ1) is 19.0. The van der Waals surface area contributed by atoms with Crippen molar-refractivity contribution in [2.45, 2.75) is 32.4 Å². The van der Waals surface area contributed by atoms with Crippen LogP contribution in [0, 0.1) is 0 Å². The first-order chi connectivity index (χ1) is 11.6. The lowest BCUT2D eigenvalue weighted by molar-refractivity contribution is -0.121. The summed E-state index contributed by atoms with van der Waals surface area (Å²) in [5.41, 5.74) is 9.73. The number of hydrogen-bond donors (Lipinski definition) is 3. The van der Waals surface area contributed by atoms with Gasteiger partial charge in [0.25, 0.3) is 0 Å². The molecule has 1 heterocycles. The molecule has 3 aromatic rings. The topological polar surface area (TPSA) is 83.8 Å². The van der Waals surface area contributed by atoms with Gasteiger partial charge in [-0.3, -0.25) is 4.79 Å². The zero-order chi connectivity index (χ0) is 16.9. The molecule has 5 nitrogen and oxygen atoms in total. The Hall–Kier alpha value is -2.37. The Balaban J connectivity index is 0.00000225. The number of hydrogen-bond acceptors (Lipinski definition) is 3. The molecule has 0 spiro atoms. The minimum absolute atomic E-state index is 0. The van der Waals surface area contributed by atoms with Crippen LogP contribution in [0.4, 0.5) is 0 Å². The predicted octanol–water partition coefficient (Wildman–Crippen LogP) is 3.40. The third-order valence-electron chi connectivity index (χ3n) is 3.93. The summed E-state index contributed by atoms with van der Waals surface area (Å²) >= 11 is 0. The molecule has 0 saturated carbocycles. The summed E-state index contributed by atoms with van der Waals surface area (Å²) in [6.45, 7) is 2.43. The van der Waals surface area contributed by atoms with Crippen molar-refractivity contribution in [3.05, 3.63) is 54.1 Å². The Kier molecular flexibility index (Phi) is 6.56. The number of nitrogens with one attached hydrogen (secondary N) is 2. The molecule has 0 saturated heterocycles. The number of halogens is 1. The van der Waals surface area contributed by atoms with E-state index in [1.54, 1.807) is 0 Å². The van der Waals surface area contributed by atoms with E-state index in [1.165, 1.54) is 0 Å². The molecule has 1 unspecified atom stereocenters. The third-order valence-corrected chi connectivity index (χ3v) is 3.93. The molecule has 0 fully saturated rings. The number of carbonyl (C=O) groups excluding carboxylic acids is 1. The van der Waals surface area contributed by atoms with Gasteiger partial charge >= 0.3 is 0 Å². The van der Waals surface area contributed by atoms with Crippen LogP contribution < -0.4 is 11.1 Å². The van der Waals surface area contributed by atoms with Crippen LogP contribution in [-0.2, 0) is 11.3 Å². The average Bonchev–Trinajstić information content (AvgIpc) is 3.02. The summed E-state index contributed by atoms with van der Waals surface area (Å²) in [5, 5.41) is 2.92. The van der Waals surface area contributed by atoms with Crippen LogP contribution in [0.5, 0.6) is 0 Å². The SMILES string of the molecule is CC(N)CCC(=O)NCc1ccc(-c2nc3ccccc3[nH]2)cc1.Cl. The second-order valence-corrected chi connectivity index (χ2v) is 6.09. The van der Waals surface area contributed by atoms with Crippen LogP contribution in [0.2, 0.25) is 0 Å². The Morgan fingerprint density at radius 3 is 2.60 bits per heavy atom. The molecule has 25 heavy (non-hydrogen) atoms. The molecule has 0 aliphatic heterocycles. The molecule has 4 N–H and O–H groups in total. The zero-order valence-corrected chi connectivity index (χ0v) is 15.0. The predicted molar refractivity (Wildman–Crippen MR) is 104 cm³/mol. The van der Waals surface area contributed by atoms with E-state index < -0.39 is 0 Å². The van der Waals surface area contributed by atoms with Crippen molar-refractivity contribution >= 4 is 29.3 Å². The van der Waals surface area contributed by atoms with Gasteiger partial charge in [0, 0.05) is 24.6 Å². The monoisotopic (exact) mass is 358 g/mol. The van der Waals surface area contributed by atoms with E-state index in [0.717, 1.165) is 28.0 Å². The number of carbonyl (C=O) groups is 1. The number of imidazole rings is 1. The fraction of sp³-hybridized carbons (Fsp3) is 0.263. The fourth-order valence-corrected chi connectivity index (χ4v) is 2.52. The van der Waals surface area contributed by atoms with Gasteiger partial charge in [-0.25, -0.2) is 4.98 Å². The maximum absolute atomic E-state index is 11.7. The number of aromatic nitrogens is 2. The van der Waals surface area contributed by atoms with Gasteiger partial charge < -0.3 is 16.0 Å². The van der Waals surface area contributed by atoms with Crippen LogP contribution in [-0.4, -0.2) is 21.9 Å². The molecule has 2 aromatic carbocycles. The van der Waals surface area contributed by atoms with Crippen LogP contribution in [0.3, 0.4) is 0 Å². The van der Waals surface area contributed by atoms with Crippen LogP contribution in [0.25, 0.3) is 22.4 Å². The van der Waals surface area contributed by atoms with Crippen molar-refractivity contribution < 1.29 is 4.79 Å². The Morgan fingerprint density at radius 2 is 1.92 bits per heavy atom. The van der Waals surface area contributed by atoms with E-state index in [4.69, 9.17) is 5.73 Å². The Bertz CT molecular complexity index is 794. The molecule has 1 aromatic heterocycles. The molecule has 3 rings (SSSR count). The minimum atomic E-state index is 0. The van der Waals surface area contributed by atoms with Crippen LogP contribution in [0.1, 0.15) is 25.3 Å². The molecule has 6 heteroatoms. The smallest absolute Gasteiger partial charge is 0.220 e. The first-order valence-electron chi connectivity index (χ1n) is 8.18. The summed E-state index contributed by atoms with van der Waals surface area (Å²) in [7, 11) is 0. The summed E-state index contributed by atoms with van der Waals surface area (Å²) in [6.07, 6.45) is 1.17. The number of amides is 1. The molecule has 1 atom stereocenters. The number of rotatable bonds is 6. The standard InChI is InChI=1S/C19H22N4O.ClH/c1-13(20)6-11-18(24)21-12-14-7-9-15(10-8-14)19-22-16-4-2-3-5-17(16)23-19;/h2-5,7-10,13H,6,11-12,20H2,1H3,(H,21,24)(H,22,23);1H. The summed E-state index contributed by atoms with van der Waals surface area (Å²) < 4.78 is 0. The third kappa shape index (κ3) is 5.05. The fourth-order valence-electron chi connectivity index (χ4n) is 2.52. The lowest BCUT2D eigenvalue weighted by atomic mass is 10.1. The number of para-hydroxylation sites is 2. The van der Waals surface area contributed by atoms with E-state index >= 15 is 0 Å². The number of benzene rings is 2. The summed E-state index contributed by atoms with van der Waals surface area (Å²) in [5.74, 6) is 0.886. The number of nitrogens with zero attached hydrogens (tertiary/aromatic N) is 1. The largest absolute Gasteiger partial charge is 0.352 e. The average molecular weight is 359 g/mol. The highest BCUT2D eigenvalue weighted by atomic mass is 35.5. The van der Waals surface area contributed by atoms with Gasteiger partial charge in [-0.2, -0.15) is 0 Å². The molecule has 0 bridgehead atoms. The van der Waals surface area contributed by atoms with Gasteiger partial charge in [-0.1, -0.05) is 36.4 Å². The highest BCUT2D eigenvalue weighted by molar-refractivity contribution is 5.85. The second kappa shape index (κ2) is 8.65. The quantitative estimate of drug-likeness (QED) is 0.631. The molecule has 132 valence electrons. The van der Waals surface area contributed by atoms with Crippen molar-refractivity contribution in [1.29, 1.82) is 0 Å². The van der Waals surface area contributed by atoms with E-state index in [-0.39, 0.29) is 24.4 Å². The van der Waals surface area contributed by atoms with Crippen LogP contribution >= 0.6 is 12.4 Å². The Labute approximate surface area is 153 Å². The van der Waals surface area contributed by atoms with Gasteiger partial charge in [-0.05, 0) is 31.0 Å². The Morgan fingerprint density at radius 1 is 1.20 bits per heavy atom. The lowest BCUT2D eigenvalue weighted by Crippen LogP contribution is -2.25. The summed E-state index contributed by atoms with van der Waals surface area (Å²) in [6, 6.07) is 16.1. The highest BCUT2D eigenvalue weighted by Crippen LogP contribution is 2.20. The van der Waals surface area contributed by atoms with Crippen molar-refractivity contribution in [3.63, 3.8) is 0 Å². The number of nitrogens with two attached hydrogens (primary N) is 1. The molecule has 0 radical (unpaired) electrons. The van der Waals surface area contributed by atoms with Crippen molar-refractivity contribution in [2.75, 3.05) is 0 Å².